The molecule has 1 aliphatic carbocycles. The Kier molecular flexibility index (Phi) is 7.10. The molecule has 0 saturated heterocycles. The highest BCUT2D eigenvalue weighted by molar-refractivity contribution is 7.88. The van der Waals surface area contributed by atoms with Crippen molar-refractivity contribution in [1.82, 2.24) is 15.3 Å². The molecule has 0 radical (unpaired) electrons. The first-order chi connectivity index (χ1) is 16.8. The molecule has 0 atom stereocenters. The Morgan fingerprint density at radius 1 is 1.09 bits per heavy atom. The van der Waals surface area contributed by atoms with E-state index in [0.717, 1.165) is 30.4 Å². The van der Waals surface area contributed by atoms with Crippen LogP contribution in [-0.2, 0) is 21.3 Å². The molecular weight excluding hydrogens is 464 g/mol. The Balaban J connectivity index is 1.66. The van der Waals surface area contributed by atoms with Crippen LogP contribution in [0.25, 0.3) is 11.1 Å². The monoisotopic (exact) mass is 490 g/mol. The summed E-state index contributed by atoms with van der Waals surface area (Å²) in [6.07, 6.45) is 5.76. The number of carbonyl (C=O) groups is 1. The van der Waals surface area contributed by atoms with Crippen LogP contribution in [-0.4, -0.2) is 24.4 Å². The number of amides is 2. The number of benzene rings is 2. The van der Waals surface area contributed by atoms with Crippen molar-refractivity contribution in [2.45, 2.75) is 43.4 Å². The van der Waals surface area contributed by atoms with E-state index in [1.807, 2.05) is 36.4 Å². The number of sulfonamides is 1. The maximum atomic E-state index is 13.3. The van der Waals surface area contributed by atoms with Gasteiger partial charge in [0.05, 0.1) is 22.7 Å². The lowest BCUT2D eigenvalue weighted by Crippen LogP contribution is -2.49. The van der Waals surface area contributed by atoms with Crippen molar-refractivity contribution in [1.29, 1.82) is 5.26 Å². The van der Waals surface area contributed by atoms with E-state index in [2.05, 4.69) is 20.6 Å². The van der Waals surface area contributed by atoms with Crippen LogP contribution in [0.1, 0.15) is 49.2 Å². The average Bonchev–Trinajstić information content (AvgIpc) is 2.84. The Hall–Kier alpha value is -3.81. The molecule has 1 heterocycles. The summed E-state index contributed by atoms with van der Waals surface area (Å²) in [5.41, 5.74) is 2.40. The number of rotatable bonds is 6. The van der Waals surface area contributed by atoms with E-state index in [0.29, 0.717) is 29.8 Å². The van der Waals surface area contributed by atoms with Crippen LogP contribution >= 0.6 is 0 Å². The van der Waals surface area contributed by atoms with Gasteiger partial charge in [0.25, 0.3) is 0 Å². The fraction of sp³-hybridized carbons (Fsp3) is 0.280. The van der Waals surface area contributed by atoms with Crippen LogP contribution in [0.15, 0.2) is 60.8 Å². The number of hydrogen-bond donors (Lipinski definition) is 3. The predicted molar refractivity (Wildman–Crippen MR) is 132 cm³/mol. The molecule has 9 nitrogen and oxygen atoms in total. The van der Waals surface area contributed by atoms with Crippen LogP contribution in [0.4, 0.5) is 10.5 Å². The summed E-state index contributed by atoms with van der Waals surface area (Å²) in [4.78, 5) is 21.6. The van der Waals surface area contributed by atoms with Crippen molar-refractivity contribution >= 4 is 21.7 Å². The summed E-state index contributed by atoms with van der Waals surface area (Å²) in [5.74, 6) is -0.295. The first-order valence-electron chi connectivity index (χ1n) is 11.3. The number of anilines is 1. The molecule has 10 heteroatoms. The molecule has 1 aliphatic rings. The topological polar surface area (TPSA) is 151 Å². The minimum atomic E-state index is -3.74. The van der Waals surface area contributed by atoms with Gasteiger partial charge in [-0.3, -0.25) is 0 Å². The van der Waals surface area contributed by atoms with E-state index in [1.165, 1.54) is 6.20 Å². The van der Waals surface area contributed by atoms with Crippen molar-refractivity contribution in [3.63, 3.8) is 0 Å². The Morgan fingerprint density at radius 2 is 1.83 bits per heavy atom. The predicted octanol–water partition coefficient (Wildman–Crippen LogP) is 3.78. The largest absolute Gasteiger partial charge is 0.327 e. The van der Waals surface area contributed by atoms with Gasteiger partial charge in [-0.25, -0.2) is 28.3 Å². The number of nitrogens with zero attached hydrogens (tertiary/aromatic N) is 3. The molecule has 0 aliphatic heterocycles. The number of carbonyl (C=O) groups excluding carboxylic acids is 1. The number of primary sulfonamides is 1. The van der Waals surface area contributed by atoms with Crippen LogP contribution < -0.4 is 15.8 Å². The zero-order valence-electron chi connectivity index (χ0n) is 19.1. The standard InChI is InChI=1S/C25H26N6O3S/c26-16-23-28-14-11-22(30-23)25(12-5-2-6-13-25)31-24(32)29-21-15-18(17-35(27,33)34)9-10-20(21)19-7-3-1-4-8-19/h1,3-4,7-11,14-15H,2,5-6,12-13,17H2,(H2,27,33,34)(H2,29,31,32). The number of nitrogens with one attached hydrogen (secondary N) is 2. The zero-order valence-corrected chi connectivity index (χ0v) is 19.9. The van der Waals surface area contributed by atoms with Crippen molar-refractivity contribution < 1.29 is 13.2 Å². The van der Waals surface area contributed by atoms with Gasteiger partial charge in [-0.2, -0.15) is 5.26 Å². The smallest absolute Gasteiger partial charge is 0.320 e. The fourth-order valence-corrected chi connectivity index (χ4v) is 5.18. The maximum Gasteiger partial charge on any atom is 0.320 e. The normalized spacial score (nSPS) is 15.1. The molecule has 35 heavy (non-hydrogen) atoms. The summed E-state index contributed by atoms with van der Waals surface area (Å²) in [5, 5.41) is 20.5. The summed E-state index contributed by atoms with van der Waals surface area (Å²) < 4.78 is 23.3. The van der Waals surface area contributed by atoms with E-state index in [4.69, 9.17) is 5.14 Å². The Labute approximate surface area is 204 Å². The molecule has 0 unspecified atom stereocenters. The SMILES string of the molecule is N#Cc1nccc(C2(NC(=O)Nc3cc(CS(N)(=O)=O)ccc3-c3ccccc3)CCCCC2)n1. The highest BCUT2D eigenvalue weighted by Gasteiger charge is 2.37. The van der Waals surface area contributed by atoms with Gasteiger partial charge in [0.1, 0.15) is 6.07 Å². The number of hydrogen-bond acceptors (Lipinski definition) is 6. The second-order valence-corrected chi connectivity index (χ2v) is 10.3. The van der Waals surface area contributed by atoms with Gasteiger partial charge < -0.3 is 10.6 Å². The molecule has 180 valence electrons. The first-order valence-corrected chi connectivity index (χ1v) is 13.0. The van der Waals surface area contributed by atoms with Crippen LogP contribution in [0.3, 0.4) is 0 Å². The van der Waals surface area contributed by atoms with E-state index >= 15 is 0 Å². The minimum Gasteiger partial charge on any atom is -0.327 e. The van der Waals surface area contributed by atoms with E-state index in [1.54, 1.807) is 24.3 Å². The van der Waals surface area contributed by atoms with Gasteiger partial charge >= 0.3 is 6.03 Å². The second kappa shape index (κ2) is 10.2. The molecule has 3 aromatic rings. The lowest BCUT2D eigenvalue weighted by molar-refractivity contribution is 0.209. The van der Waals surface area contributed by atoms with Crippen molar-refractivity contribution in [2.24, 2.45) is 5.14 Å². The molecule has 0 bridgehead atoms. The number of nitriles is 1. The van der Waals surface area contributed by atoms with Crippen molar-refractivity contribution in [2.75, 3.05) is 5.32 Å². The van der Waals surface area contributed by atoms with Gasteiger partial charge in [-0.15, -0.1) is 0 Å². The second-order valence-electron chi connectivity index (χ2n) is 8.65. The molecule has 0 spiro atoms. The van der Waals surface area contributed by atoms with Gasteiger partial charge in [-0.1, -0.05) is 61.7 Å². The number of aromatic nitrogens is 2. The highest BCUT2D eigenvalue weighted by Crippen LogP contribution is 2.37. The summed E-state index contributed by atoms with van der Waals surface area (Å²) in [6, 6.07) is 17.8. The fourth-order valence-electron chi connectivity index (χ4n) is 4.54. The number of urea groups is 1. The Morgan fingerprint density at radius 3 is 2.51 bits per heavy atom. The Bertz CT molecular complexity index is 1360. The molecule has 4 N–H and O–H groups in total. The van der Waals surface area contributed by atoms with Crippen molar-refractivity contribution in [3.05, 3.63) is 77.9 Å². The lowest BCUT2D eigenvalue weighted by atomic mass is 9.79. The van der Waals surface area contributed by atoms with Gasteiger partial charge in [0, 0.05) is 11.8 Å². The van der Waals surface area contributed by atoms with Crippen LogP contribution in [0, 0.1) is 11.3 Å². The third-order valence-electron chi connectivity index (χ3n) is 6.09. The molecule has 1 fully saturated rings. The first kappa shape index (κ1) is 24.3. The van der Waals surface area contributed by atoms with Crippen LogP contribution in [0.5, 0.6) is 0 Å². The van der Waals surface area contributed by atoms with E-state index < -0.39 is 21.6 Å². The van der Waals surface area contributed by atoms with Gasteiger partial charge in [-0.05, 0) is 36.1 Å². The van der Waals surface area contributed by atoms with Gasteiger partial charge in [0.2, 0.25) is 15.8 Å². The van der Waals surface area contributed by atoms with Gasteiger partial charge in [0.15, 0.2) is 0 Å². The summed E-state index contributed by atoms with van der Waals surface area (Å²) >= 11 is 0. The van der Waals surface area contributed by atoms with Crippen LogP contribution in [0.2, 0.25) is 0 Å². The summed E-state index contributed by atoms with van der Waals surface area (Å²) in [6.45, 7) is 0. The number of nitrogens with two attached hydrogens (primary N) is 1. The molecule has 4 rings (SSSR count). The molecule has 2 amide bonds. The van der Waals surface area contributed by atoms with E-state index in [9.17, 15) is 18.5 Å². The zero-order chi connectivity index (χ0) is 24.9. The average molecular weight is 491 g/mol. The molecule has 1 saturated carbocycles. The van der Waals surface area contributed by atoms with E-state index in [-0.39, 0.29) is 11.6 Å². The molecule has 2 aromatic carbocycles. The lowest BCUT2D eigenvalue weighted by Gasteiger charge is -2.37. The third kappa shape index (κ3) is 6.01. The summed E-state index contributed by atoms with van der Waals surface area (Å²) in [7, 11) is -3.74. The molecular formula is C25H26N6O3S. The highest BCUT2D eigenvalue weighted by atomic mass is 32.2. The molecule has 1 aromatic heterocycles. The quantitative estimate of drug-likeness (QED) is 0.478. The minimum absolute atomic E-state index is 0.0525. The van der Waals surface area contributed by atoms with Crippen molar-refractivity contribution in [3.8, 4) is 17.2 Å². The maximum absolute atomic E-state index is 13.3. The third-order valence-corrected chi connectivity index (χ3v) is 6.83.